The van der Waals surface area contributed by atoms with Gasteiger partial charge in [0.1, 0.15) is 5.78 Å². The summed E-state index contributed by atoms with van der Waals surface area (Å²) < 4.78 is 0. The van der Waals surface area contributed by atoms with E-state index >= 15 is 0 Å². The highest BCUT2D eigenvalue weighted by Gasteiger charge is 2.00. The number of Topliss-reactive ketones (excluding diaryl/α,β-unsaturated/α-hetero) is 1. The zero-order chi connectivity index (χ0) is 25.3. The van der Waals surface area contributed by atoms with Gasteiger partial charge in [-0.3, -0.25) is 14.4 Å². The van der Waals surface area contributed by atoms with E-state index in [1.165, 1.54) is 12.2 Å². The van der Waals surface area contributed by atoms with Gasteiger partial charge in [-0.05, 0) is 63.0 Å². The summed E-state index contributed by atoms with van der Waals surface area (Å²) in [6.07, 6.45) is 26.4. The van der Waals surface area contributed by atoms with Crippen molar-refractivity contribution in [1.29, 1.82) is 0 Å². The van der Waals surface area contributed by atoms with E-state index in [9.17, 15) is 19.2 Å². The predicted molar refractivity (Wildman–Crippen MR) is 141 cm³/mol. The molecule has 34 heavy (non-hydrogen) atoms. The summed E-state index contributed by atoms with van der Waals surface area (Å²) in [5.41, 5.74) is 2.86. The summed E-state index contributed by atoms with van der Waals surface area (Å²) in [6.45, 7) is 5.16. The SMILES string of the molecule is C=CC=C=CC=CC(=O)CCCCCCCC(=O)C=CC=CC(=O)CCCCCCCC(C)=O. The average Bonchev–Trinajstić information content (AvgIpc) is 2.80. The van der Waals surface area contributed by atoms with Gasteiger partial charge in [0.2, 0.25) is 0 Å². The molecule has 0 saturated carbocycles. The second-order valence-electron chi connectivity index (χ2n) is 8.45. The maximum atomic E-state index is 11.9. The van der Waals surface area contributed by atoms with Gasteiger partial charge < -0.3 is 4.79 Å². The minimum Gasteiger partial charge on any atom is -0.300 e. The number of unbranched alkanes of at least 4 members (excludes halogenated alkanes) is 8. The molecule has 0 bridgehead atoms. The lowest BCUT2D eigenvalue weighted by atomic mass is 10.1. The summed E-state index contributed by atoms with van der Waals surface area (Å²) in [4.78, 5) is 46.2. The first kappa shape index (κ1) is 31.2. The van der Waals surface area contributed by atoms with Crippen molar-refractivity contribution < 1.29 is 19.2 Å². The van der Waals surface area contributed by atoms with E-state index in [1.54, 1.807) is 49.5 Å². The molecule has 0 rings (SSSR count). The van der Waals surface area contributed by atoms with Crippen molar-refractivity contribution in [2.24, 2.45) is 0 Å². The van der Waals surface area contributed by atoms with Crippen molar-refractivity contribution in [3.8, 4) is 0 Å². The lowest BCUT2D eigenvalue weighted by Gasteiger charge is -1.99. The van der Waals surface area contributed by atoms with Gasteiger partial charge in [-0.2, -0.15) is 0 Å². The van der Waals surface area contributed by atoms with Gasteiger partial charge in [-0.25, -0.2) is 0 Å². The maximum absolute atomic E-state index is 11.9. The molecule has 0 heterocycles. The highest BCUT2D eigenvalue weighted by Crippen LogP contribution is 2.09. The monoisotopic (exact) mass is 466 g/mol. The molecule has 0 saturated heterocycles. The van der Waals surface area contributed by atoms with Crippen molar-refractivity contribution in [2.45, 2.75) is 96.8 Å². The summed E-state index contributed by atoms with van der Waals surface area (Å²) in [5, 5.41) is 0. The molecule has 0 aliphatic heterocycles. The third kappa shape index (κ3) is 23.8. The van der Waals surface area contributed by atoms with Crippen LogP contribution in [-0.2, 0) is 19.2 Å². The maximum Gasteiger partial charge on any atom is 0.155 e. The van der Waals surface area contributed by atoms with Crippen LogP contribution in [0.5, 0.6) is 0 Å². The van der Waals surface area contributed by atoms with Gasteiger partial charge in [-0.1, -0.05) is 69.4 Å². The van der Waals surface area contributed by atoms with Crippen molar-refractivity contribution in [3.05, 3.63) is 67.0 Å². The van der Waals surface area contributed by atoms with Gasteiger partial charge in [0.15, 0.2) is 17.3 Å². The molecule has 0 amide bonds. The van der Waals surface area contributed by atoms with Crippen molar-refractivity contribution in [2.75, 3.05) is 0 Å². The van der Waals surface area contributed by atoms with Crippen molar-refractivity contribution in [3.63, 3.8) is 0 Å². The fourth-order valence-electron chi connectivity index (χ4n) is 3.24. The summed E-state index contributed by atoms with van der Waals surface area (Å²) >= 11 is 0. The van der Waals surface area contributed by atoms with Crippen LogP contribution in [-0.4, -0.2) is 23.1 Å². The van der Waals surface area contributed by atoms with E-state index in [1.807, 2.05) is 0 Å². The number of allylic oxidation sites excluding steroid dienone is 8. The third-order valence-corrected chi connectivity index (χ3v) is 5.16. The Morgan fingerprint density at radius 3 is 1.35 bits per heavy atom. The molecule has 4 nitrogen and oxygen atoms in total. The molecular weight excluding hydrogens is 424 g/mol. The van der Waals surface area contributed by atoms with Crippen LogP contribution in [0.25, 0.3) is 0 Å². The van der Waals surface area contributed by atoms with E-state index in [2.05, 4.69) is 12.3 Å². The largest absolute Gasteiger partial charge is 0.300 e. The summed E-state index contributed by atoms with van der Waals surface area (Å²) in [5.74, 6) is 0.504. The first-order chi connectivity index (χ1) is 16.5. The van der Waals surface area contributed by atoms with Crippen molar-refractivity contribution >= 4 is 23.1 Å². The molecule has 0 N–H and O–H groups in total. The minimum atomic E-state index is 0.0709. The number of carbonyl (C=O) groups excluding carboxylic acids is 4. The number of ketones is 4. The minimum absolute atomic E-state index is 0.0709. The molecule has 0 aliphatic carbocycles. The van der Waals surface area contributed by atoms with Crippen LogP contribution < -0.4 is 0 Å². The molecule has 0 aromatic rings. The first-order valence-corrected chi connectivity index (χ1v) is 12.6. The number of hydrogen-bond acceptors (Lipinski definition) is 4. The zero-order valence-corrected chi connectivity index (χ0v) is 20.9. The van der Waals surface area contributed by atoms with Crippen LogP contribution in [0.2, 0.25) is 0 Å². The highest BCUT2D eigenvalue weighted by molar-refractivity contribution is 5.91. The van der Waals surface area contributed by atoms with Gasteiger partial charge >= 0.3 is 0 Å². The smallest absolute Gasteiger partial charge is 0.155 e. The van der Waals surface area contributed by atoms with Gasteiger partial charge in [0.05, 0.1) is 0 Å². The molecule has 0 aromatic carbocycles. The highest BCUT2D eigenvalue weighted by atomic mass is 16.1. The van der Waals surface area contributed by atoms with E-state index in [4.69, 9.17) is 0 Å². The Morgan fingerprint density at radius 1 is 0.559 bits per heavy atom. The van der Waals surface area contributed by atoms with Crippen LogP contribution in [0.3, 0.4) is 0 Å². The Morgan fingerprint density at radius 2 is 0.941 bits per heavy atom. The number of hydrogen-bond donors (Lipinski definition) is 0. The van der Waals surface area contributed by atoms with Gasteiger partial charge in [-0.15, -0.1) is 5.73 Å². The normalized spacial score (nSPS) is 11.1. The van der Waals surface area contributed by atoms with Crippen LogP contribution in [0.4, 0.5) is 0 Å². The van der Waals surface area contributed by atoms with Crippen LogP contribution >= 0.6 is 0 Å². The molecule has 4 heteroatoms. The molecule has 0 atom stereocenters. The molecule has 0 aliphatic rings. The Kier molecular flexibility index (Phi) is 21.4. The third-order valence-electron chi connectivity index (χ3n) is 5.16. The second kappa shape index (κ2) is 23.3. The Labute approximate surface area is 206 Å². The molecule has 0 fully saturated rings. The van der Waals surface area contributed by atoms with Crippen LogP contribution in [0, 0.1) is 0 Å². The fraction of sp³-hybridized carbons (Fsp3) is 0.500. The predicted octanol–water partition coefficient (Wildman–Crippen LogP) is 7.31. The Balaban J connectivity index is 3.70. The topological polar surface area (TPSA) is 68.3 Å². The Hall–Kier alpha value is -2.84. The van der Waals surface area contributed by atoms with E-state index in [-0.39, 0.29) is 23.1 Å². The molecule has 186 valence electrons. The second-order valence-corrected chi connectivity index (χ2v) is 8.45. The first-order valence-electron chi connectivity index (χ1n) is 12.6. The quantitative estimate of drug-likeness (QED) is 0.0726. The lowest BCUT2D eigenvalue weighted by molar-refractivity contribution is -0.117. The number of carbonyl (C=O) groups is 4. The van der Waals surface area contributed by atoms with E-state index < -0.39 is 0 Å². The summed E-state index contributed by atoms with van der Waals surface area (Å²) in [6, 6.07) is 0. The Bertz CT molecular complexity index is 774. The zero-order valence-electron chi connectivity index (χ0n) is 20.9. The molecule has 0 aromatic heterocycles. The lowest BCUT2D eigenvalue weighted by Crippen LogP contribution is -1.94. The van der Waals surface area contributed by atoms with E-state index in [0.717, 1.165) is 64.2 Å². The fourth-order valence-corrected chi connectivity index (χ4v) is 3.24. The number of rotatable bonds is 22. The average molecular weight is 467 g/mol. The molecule has 0 spiro atoms. The molecule has 0 radical (unpaired) electrons. The van der Waals surface area contributed by atoms with Crippen LogP contribution in [0.15, 0.2) is 67.0 Å². The molecular formula is C30H42O4. The standard InChI is InChI=1S/C30H42O4/c1-3-4-5-8-14-21-28(32)22-16-11-7-12-17-24-30(34)26-19-18-25-29(33)23-15-10-6-9-13-20-27(2)31/h3-4,8,14,18-19,21,25-26H,1,6-7,9-13,15-17,20,22-24H2,2H3. The molecule has 0 unspecified atom stereocenters. The summed E-state index contributed by atoms with van der Waals surface area (Å²) in [7, 11) is 0. The van der Waals surface area contributed by atoms with Gasteiger partial charge in [0, 0.05) is 25.7 Å². The van der Waals surface area contributed by atoms with Crippen LogP contribution in [0.1, 0.15) is 96.8 Å². The van der Waals surface area contributed by atoms with E-state index in [0.29, 0.717) is 25.7 Å². The van der Waals surface area contributed by atoms with Gasteiger partial charge in [0.25, 0.3) is 0 Å². The van der Waals surface area contributed by atoms with Crippen molar-refractivity contribution in [1.82, 2.24) is 0 Å².